The van der Waals surface area contributed by atoms with Gasteiger partial charge < -0.3 is 14.8 Å². The van der Waals surface area contributed by atoms with Crippen LogP contribution in [0.3, 0.4) is 0 Å². The van der Waals surface area contributed by atoms with Gasteiger partial charge in [0.2, 0.25) is 0 Å². The Labute approximate surface area is 113 Å². The van der Waals surface area contributed by atoms with E-state index in [0.29, 0.717) is 0 Å². The molecule has 0 spiro atoms. The first-order valence-corrected chi connectivity index (χ1v) is 6.69. The fourth-order valence-electron chi connectivity index (χ4n) is 2.83. The molecule has 0 bridgehead atoms. The molecule has 4 nitrogen and oxygen atoms in total. The number of carbonyl (C=O) groups excluding carboxylic acids is 1. The first-order chi connectivity index (χ1) is 9.09. The Morgan fingerprint density at radius 2 is 2.05 bits per heavy atom. The zero-order valence-electron chi connectivity index (χ0n) is 11.6. The highest BCUT2D eigenvalue weighted by molar-refractivity contribution is 5.85. The first kappa shape index (κ1) is 12.1. The number of para-hydroxylation sites is 1. The van der Waals surface area contributed by atoms with E-state index in [9.17, 15) is 4.79 Å². The molecule has 4 heteroatoms. The third-order valence-electron chi connectivity index (χ3n) is 3.99. The molecule has 0 radical (unpaired) electrons. The second-order valence-corrected chi connectivity index (χ2v) is 5.44. The third kappa shape index (κ3) is 1.79. The van der Waals surface area contributed by atoms with Gasteiger partial charge in [-0.2, -0.15) is 0 Å². The lowest BCUT2D eigenvalue weighted by Crippen LogP contribution is -2.34. The molecule has 1 N–H and O–H groups in total. The number of H-pyrrole nitrogens is 1. The minimum atomic E-state index is 0.116. The summed E-state index contributed by atoms with van der Waals surface area (Å²) in [6.45, 7) is 4.88. The molecule has 2 aromatic rings. The van der Waals surface area contributed by atoms with Crippen LogP contribution in [0.5, 0.6) is 0 Å². The van der Waals surface area contributed by atoms with Crippen LogP contribution in [0.2, 0.25) is 0 Å². The minimum Gasteiger partial charge on any atom is -0.361 e. The zero-order valence-corrected chi connectivity index (χ0v) is 11.6. The number of nitrogens with one attached hydrogen (secondary N) is 1. The molecule has 1 aromatic heterocycles. The SMILES string of the molecule is CC(C)N1CC(c2c[nH]c3ccccc23)N(C)C1=O. The van der Waals surface area contributed by atoms with Crippen LogP contribution in [0.1, 0.15) is 25.5 Å². The summed E-state index contributed by atoms with van der Waals surface area (Å²) in [5.41, 5.74) is 2.33. The standard InChI is InChI=1S/C15H19N3O/c1-10(2)18-9-14(17(3)15(18)19)12-8-16-13-7-5-4-6-11(12)13/h4-8,10,14,16H,9H2,1-3H3. The Bertz CT molecular complexity index is 617. The molecule has 1 unspecified atom stereocenters. The molecule has 1 saturated heterocycles. The fourth-order valence-corrected chi connectivity index (χ4v) is 2.83. The monoisotopic (exact) mass is 257 g/mol. The summed E-state index contributed by atoms with van der Waals surface area (Å²) in [7, 11) is 1.89. The molecule has 1 aromatic carbocycles. The Kier molecular flexibility index (Phi) is 2.73. The van der Waals surface area contributed by atoms with Crippen LogP contribution in [0.4, 0.5) is 4.79 Å². The summed E-state index contributed by atoms with van der Waals surface area (Å²) in [5, 5.41) is 1.21. The van der Waals surface area contributed by atoms with Gasteiger partial charge in [0.05, 0.1) is 6.04 Å². The number of benzene rings is 1. The molecule has 100 valence electrons. The number of amides is 2. The molecule has 19 heavy (non-hydrogen) atoms. The van der Waals surface area contributed by atoms with Crippen molar-refractivity contribution in [2.45, 2.75) is 25.9 Å². The van der Waals surface area contributed by atoms with Crippen LogP contribution in [0, 0.1) is 0 Å². The van der Waals surface area contributed by atoms with Crippen LogP contribution in [-0.2, 0) is 0 Å². The zero-order chi connectivity index (χ0) is 13.6. The number of hydrogen-bond donors (Lipinski definition) is 1. The Hall–Kier alpha value is -1.97. The van der Waals surface area contributed by atoms with Gasteiger partial charge in [0.15, 0.2) is 0 Å². The van der Waals surface area contributed by atoms with Gasteiger partial charge in [-0.05, 0) is 19.9 Å². The summed E-state index contributed by atoms with van der Waals surface area (Å²) in [4.78, 5) is 19.3. The quantitative estimate of drug-likeness (QED) is 0.882. The highest BCUT2D eigenvalue weighted by Gasteiger charge is 2.37. The van der Waals surface area contributed by atoms with Crippen LogP contribution in [-0.4, -0.2) is 40.4 Å². The number of rotatable bonds is 2. The second kappa shape index (κ2) is 4.30. The molecular formula is C15H19N3O. The minimum absolute atomic E-state index is 0.116. The van der Waals surface area contributed by atoms with E-state index in [4.69, 9.17) is 0 Å². The molecule has 0 aliphatic carbocycles. The van der Waals surface area contributed by atoms with E-state index in [1.807, 2.05) is 35.2 Å². The Morgan fingerprint density at radius 3 is 2.74 bits per heavy atom. The van der Waals surface area contributed by atoms with Crippen molar-refractivity contribution in [1.82, 2.24) is 14.8 Å². The van der Waals surface area contributed by atoms with Crippen molar-refractivity contribution in [2.75, 3.05) is 13.6 Å². The average Bonchev–Trinajstić information content (AvgIpc) is 2.93. The van der Waals surface area contributed by atoms with Gasteiger partial charge in [-0.3, -0.25) is 0 Å². The summed E-state index contributed by atoms with van der Waals surface area (Å²) in [5.74, 6) is 0. The molecule has 2 amide bonds. The van der Waals surface area contributed by atoms with Gasteiger partial charge in [-0.25, -0.2) is 4.79 Å². The summed E-state index contributed by atoms with van der Waals surface area (Å²) in [6, 6.07) is 8.72. The van der Waals surface area contributed by atoms with Crippen molar-refractivity contribution >= 4 is 16.9 Å². The predicted molar refractivity (Wildman–Crippen MR) is 76.0 cm³/mol. The van der Waals surface area contributed by atoms with E-state index in [1.54, 1.807) is 0 Å². The molecular weight excluding hydrogens is 238 g/mol. The first-order valence-electron chi connectivity index (χ1n) is 6.69. The number of likely N-dealkylation sites (N-methyl/N-ethyl adjacent to an activating group) is 1. The van der Waals surface area contributed by atoms with Crippen molar-refractivity contribution < 1.29 is 4.79 Å². The van der Waals surface area contributed by atoms with Gasteiger partial charge >= 0.3 is 6.03 Å². The third-order valence-corrected chi connectivity index (χ3v) is 3.99. The molecule has 1 aliphatic heterocycles. The van der Waals surface area contributed by atoms with E-state index in [2.05, 4.69) is 31.0 Å². The number of aromatic amines is 1. The lowest BCUT2D eigenvalue weighted by Gasteiger charge is -2.19. The number of urea groups is 1. The second-order valence-electron chi connectivity index (χ2n) is 5.44. The molecule has 1 aliphatic rings. The lowest BCUT2D eigenvalue weighted by molar-refractivity contribution is 0.187. The Morgan fingerprint density at radius 1 is 1.32 bits per heavy atom. The topological polar surface area (TPSA) is 39.3 Å². The largest absolute Gasteiger partial charge is 0.361 e. The lowest BCUT2D eigenvalue weighted by atomic mass is 10.1. The van der Waals surface area contributed by atoms with Crippen molar-refractivity contribution in [2.24, 2.45) is 0 Å². The molecule has 2 heterocycles. The van der Waals surface area contributed by atoms with E-state index in [1.165, 1.54) is 10.9 Å². The molecule has 3 rings (SSSR count). The maximum absolute atomic E-state index is 12.2. The number of fused-ring (bicyclic) bond motifs is 1. The van der Waals surface area contributed by atoms with Crippen LogP contribution >= 0.6 is 0 Å². The van der Waals surface area contributed by atoms with Crippen molar-refractivity contribution in [3.8, 4) is 0 Å². The fraction of sp³-hybridized carbons (Fsp3) is 0.400. The Balaban J connectivity index is 2.01. The van der Waals surface area contributed by atoms with Crippen LogP contribution in [0.25, 0.3) is 10.9 Å². The predicted octanol–water partition coefficient (Wildman–Crippen LogP) is 2.98. The smallest absolute Gasteiger partial charge is 0.320 e. The normalized spacial score (nSPS) is 20.0. The summed E-state index contributed by atoms with van der Waals surface area (Å²) in [6.07, 6.45) is 2.03. The van der Waals surface area contributed by atoms with Crippen LogP contribution in [0.15, 0.2) is 30.5 Å². The highest BCUT2D eigenvalue weighted by atomic mass is 16.2. The molecule has 1 fully saturated rings. The van der Waals surface area contributed by atoms with Crippen molar-refractivity contribution in [3.63, 3.8) is 0 Å². The molecule has 0 saturated carbocycles. The van der Waals surface area contributed by atoms with E-state index in [0.717, 1.165) is 12.1 Å². The van der Waals surface area contributed by atoms with Gasteiger partial charge in [0.25, 0.3) is 0 Å². The van der Waals surface area contributed by atoms with E-state index >= 15 is 0 Å². The average molecular weight is 257 g/mol. The number of hydrogen-bond acceptors (Lipinski definition) is 1. The van der Waals surface area contributed by atoms with Gasteiger partial charge in [-0.1, -0.05) is 18.2 Å². The summed E-state index contributed by atoms with van der Waals surface area (Å²) < 4.78 is 0. The van der Waals surface area contributed by atoms with E-state index in [-0.39, 0.29) is 18.1 Å². The van der Waals surface area contributed by atoms with Gasteiger partial charge in [-0.15, -0.1) is 0 Å². The molecule has 1 atom stereocenters. The number of nitrogens with zero attached hydrogens (tertiary/aromatic N) is 2. The van der Waals surface area contributed by atoms with Gasteiger partial charge in [0, 0.05) is 42.3 Å². The van der Waals surface area contributed by atoms with Crippen molar-refractivity contribution in [1.29, 1.82) is 0 Å². The summed E-state index contributed by atoms with van der Waals surface area (Å²) >= 11 is 0. The van der Waals surface area contributed by atoms with Crippen LogP contribution < -0.4 is 0 Å². The van der Waals surface area contributed by atoms with Crippen molar-refractivity contribution in [3.05, 3.63) is 36.0 Å². The highest BCUT2D eigenvalue weighted by Crippen LogP contribution is 2.33. The van der Waals surface area contributed by atoms with E-state index < -0.39 is 0 Å². The number of carbonyl (C=O) groups is 1. The van der Waals surface area contributed by atoms with Gasteiger partial charge in [0.1, 0.15) is 0 Å². The maximum Gasteiger partial charge on any atom is 0.320 e. The number of aromatic nitrogens is 1. The maximum atomic E-state index is 12.2.